The van der Waals surface area contributed by atoms with E-state index in [9.17, 15) is 4.79 Å². The number of nitrogens with one attached hydrogen (secondary N) is 4. The maximum absolute atomic E-state index is 11.0. The third-order valence-electron chi connectivity index (χ3n) is 2.86. The highest BCUT2D eigenvalue weighted by molar-refractivity contribution is 5.78. The van der Waals surface area contributed by atoms with E-state index in [4.69, 9.17) is 5.11 Å². The first-order chi connectivity index (χ1) is 8.25. The molecule has 0 radical (unpaired) electrons. The van der Waals surface area contributed by atoms with Crippen LogP contribution in [-0.4, -0.2) is 27.1 Å². The summed E-state index contributed by atoms with van der Waals surface area (Å²) in [6, 6.07) is 4.60. The Morgan fingerprint density at radius 3 is 3.06 bits per heavy atom. The first-order valence-corrected chi connectivity index (χ1v) is 5.17. The summed E-state index contributed by atoms with van der Waals surface area (Å²) in [4.78, 5) is 18.2. The fraction of sp³-hybridized carbons (Fsp3) is 0.200. The van der Waals surface area contributed by atoms with Gasteiger partial charge in [0.25, 0.3) is 0 Å². The molecule has 1 aromatic heterocycles. The van der Waals surface area contributed by atoms with Gasteiger partial charge in [0, 0.05) is 0 Å². The van der Waals surface area contributed by atoms with Crippen molar-refractivity contribution in [2.45, 2.75) is 12.1 Å². The van der Waals surface area contributed by atoms with Crippen LogP contribution in [0.4, 0.5) is 0 Å². The van der Waals surface area contributed by atoms with E-state index in [-0.39, 0.29) is 6.04 Å². The van der Waals surface area contributed by atoms with Crippen molar-refractivity contribution in [1.29, 1.82) is 0 Å². The highest BCUT2D eigenvalue weighted by Gasteiger charge is 2.33. The standard InChI is InChI=1S/C10H11N5O2/c16-10(17)9-8(13-15-14-9)5-1-2-6-7(3-5)12-4-11-6/h1-4,8-9,13-15H,(H,11,12)(H,16,17). The zero-order valence-electron chi connectivity index (χ0n) is 8.77. The molecule has 7 nitrogen and oxygen atoms in total. The smallest absolute Gasteiger partial charge is 0.324 e. The first kappa shape index (κ1) is 10.2. The minimum atomic E-state index is -0.905. The molecule has 1 fully saturated rings. The number of aromatic nitrogens is 2. The highest BCUT2D eigenvalue weighted by Crippen LogP contribution is 2.22. The normalized spacial score (nSPS) is 24.2. The van der Waals surface area contributed by atoms with Crippen LogP contribution in [0.15, 0.2) is 24.5 Å². The molecule has 0 bridgehead atoms. The highest BCUT2D eigenvalue weighted by atomic mass is 16.4. The average Bonchev–Trinajstić information content (AvgIpc) is 2.96. The Balaban J connectivity index is 1.99. The van der Waals surface area contributed by atoms with E-state index in [1.54, 1.807) is 6.33 Å². The molecule has 2 heterocycles. The van der Waals surface area contributed by atoms with Crippen LogP contribution < -0.4 is 16.4 Å². The molecule has 0 spiro atoms. The number of hydrogen-bond acceptors (Lipinski definition) is 5. The van der Waals surface area contributed by atoms with Gasteiger partial charge in [-0.1, -0.05) is 6.07 Å². The monoisotopic (exact) mass is 233 g/mol. The van der Waals surface area contributed by atoms with Gasteiger partial charge in [-0.15, -0.1) is 0 Å². The molecule has 2 unspecified atom stereocenters. The maximum atomic E-state index is 11.0. The summed E-state index contributed by atoms with van der Waals surface area (Å²) in [6.07, 6.45) is 1.61. The van der Waals surface area contributed by atoms with Crippen molar-refractivity contribution < 1.29 is 9.90 Å². The fourth-order valence-corrected chi connectivity index (χ4v) is 1.99. The van der Waals surface area contributed by atoms with Gasteiger partial charge in [-0.25, -0.2) is 15.8 Å². The van der Waals surface area contributed by atoms with E-state index in [2.05, 4.69) is 26.4 Å². The number of aliphatic carboxylic acids is 1. The minimum absolute atomic E-state index is 0.319. The second-order valence-corrected chi connectivity index (χ2v) is 3.89. The van der Waals surface area contributed by atoms with Crippen LogP contribution in [-0.2, 0) is 4.79 Å². The van der Waals surface area contributed by atoms with Gasteiger partial charge in [0.2, 0.25) is 0 Å². The lowest BCUT2D eigenvalue weighted by molar-refractivity contribution is -0.139. The number of nitrogens with zero attached hydrogens (tertiary/aromatic N) is 1. The van der Waals surface area contributed by atoms with Crippen molar-refractivity contribution in [3.63, 3.8) is 0 Å². The molecule has 0 aliphatic carbocycles. The zero-order chi connectivity index (χ0) is 11.8. The largest absolute Gasteiger partial charge is 0.480 e. The molecule has 1 aliphatic heterocycles. The molecule has 2 aromatic rings. The Bertz CT molecular complexity index is 567. The van der Waals surface area contributed by atoms with Gasteiger partial charge < -0.3 is 10.1 Å². The molecule has 3 rings (SSSR count). The van der Waals surface area contributed by atoms with Gasteiger partial charge in [0.1, 0.15) is 6.04 Å². The number of carboxylic acid groups (broad SMARTS) is 1. The molecular weight excluding hydrogens is 222 g/mol. The Morgan fingerprint density at radius 2 is 2.24 bits per heavy atom. The number of rotatable bonds is 2. The molecule has 1 saturated heterocycles. The van der Waals surface area contributed by atoms with Crippen LogP contribution in [0.2, 0.25) is 0 Å². The van der Waals surface area contributed by atoms with E-state index >= 15 is 0 Å². The molecule has 5 N–H and O–H groups in total. The summed E-state index contributed by atoms with van der Waals surface area (Å²) in [5, 5.41) is 9.06. The second-order valence-electron chi connectivity index (χ2n) is 3.89. The van der Waals surface area contributed by atoms with Crippen LogP contribution in [0.1, 0.15) is 11.6 Å². The third kappa shape index (κ3) is 1.66. The number of carboxylic acids is 1. The minimum Gasteiger partial charge on any atom is -0.480 e. The second kappa shape index (κ2) is 3.81. The SMILES string of the molecule is O=C(O)C1NNNC1c1ccc2nc[nH]c2c1. The summed E-state index contributed by atoms with van der Waals surface area (Å²) >= 11 is 0. The number of benzene rings is 1. The van der Waals surface area contributed by atoms with Crippen molar-refractivity contribution in [3.05, 3.63) is 30.1 Å². The van der Waals surface area contributed by atoms with Gasteiger partial charge in [-0.3, -0.25) is 4.79 Å². The molecule has 88 valence electrons. The lowest BCUT2D eigenvalue weighted by atomic mass is 10.0. The van der Waals surface area contributed by atoms with Crippen LogP contribution in [0, 0.1) is 0 Å². The molecule has 0 amide bonds. The molecule has 7 heteroatoms. The van der Waals surface area contributed by atoms with Crippen LogP contribution in [0.5, 0.6) is 0 Å². The van der Waals surface area contributed by atoms with E-state index in [0.29, 0.717) is 0 Å². The van der Waals surface area contributed by atoms with Gasteiger partial charge in [0.15, 0.2) is 0 Å². The number of hydrazine groups is 2. The maximum Gasteiger partial charge on any atom is 0.324 e. The van der Waals surface area contributed by atoms with Crippen LogP contribution in [0.3, 0.4) is 0 Å². The Morgan fingerprint density at radius 1 is 1.35 bits per heavy atom. The van der Waals surface area contributed by atoms with Crippen molar-refractivity contribution >= 4 is 17.0 Å². The molecule has 0 saturated carbocycles. The predicted octanol–water partition coefficient (Wildman–Crippen LogP) is -0.330. The van der Waals surface area contributed by atoms with Crippen LogP contribution >= 0.6 is 0 Å². The number of aromatic amines is 1. The molecule has 17 heavy (non-hydrogen) atoms. The van der Waals surface area contributed by atoms with Crippen molar-refractivity contribution in [2.24, 2.45) is 0 Å². The van der Waals surface area contributed by atoms with Crippen molar-refractivity contribution in [2.75, 3.05) is 0 Å². The Kier molecular flexibility index (Phi) is 2.29. The Hall–Kier alpha value is -1.96. The first-order valence-electron chi connectivity index (χ1n) is 5.17. The molecule has 1 aliphatic rings. The lowest BCUT2D eigenvalue weighted by Gasteiger charge is -2.14. The lowest BCUT2D eigenvalue weighted by Crippen LogP contribution is -2.38. The van der Waals surface area contributed by atoms with Gasteiger partial charge >= 0.3 is 5.97 Å². The number of carbonyl (C=O) groups is 1. The number of imidazole rings is 1. The van der Waals surface area contributed by atoms with Crippen molar-refractivity contribution in [1.82, 2.24) is 26.4 Å². The fourth-order valence-electron chi connectivity index (χ4n) is 1.99. The van der Waals surface area contributed by atoms with E-state index < -0.39 is 12.0 Å². The third-order valence-corrected chi connectivity index (χ3v) is 2.86. The summed E-state index contributed by atoms with van der Waals surface area (Å²) < 4.78 is 0. The van der Waals surface area contributed by atoms with E-state index in [0.717, 1.165) is 16.6 Å². The Labute approximate surface area is 96.2 Å². The zero-order valence-corrected chi connectivity index (χ0v) is 8.77. The number of hydrogen-bond donors (Lipinski definition) is 5. The van der Waals surface area contributed by atoms with Gasteiger partial charge in [-0.05, 0) is 17.7 Å². The van der Waals surface area contributed by atoms with E-state index in [1.807, 2.05) is 18.2 Å². The van der Waals surface area contributed by atoms with Crippen molar-refractivity contribution in [3.8, 4) is 0 Å². The van der Waals surface area contributed by atoms with Crippen LogP contribution in [0.25, 0.3) is 11.0 Å². The summed E-state index contributed by atoms with van der Waals surface area (Å²) in [6.45, 7) is 0. The quantitative estimate of drug-likeness (QED) is 0.487. The van der Waals surface area contributed by atoms with Gasteiger partial charge in [0.05, 0.1) is 23.4 Å². The average molecular weight is 233 g/mol. The molecular formula is C10H11N5O2. The number of fused-ring (bicyclic) bond motifs is 1. The van der Waals surface area contributed by atoms with Gasteiger partial charge in [-0.2, -0.15) is 5.53 Å². The summed E-state index contributed by atoms with van der Waals surface area (Å²) in [7, 11) is 0. The molecule has 1 aromatic carbocycles. The summed E-state index contributed by atoms with van der Waals surface area (Å²) in [5.41, 5.74) is 10.8. The molecule has 2 atom stereocenters. The summed E-state index contributed by atoms with van der Waals surface area (Å²) in [5.74, 6) is -0.905. The number of H-pyrrole nitrogens is 1. The van der Waals surface area contributed by atoms with E-state index in [1.165, 1.54) is 0 Å². The topological polar surface area (TPSA) is 102 Å². The predicted molar refractivity (Wildman–Crippen MR) is 59.7 cm³/mol.